The fourth-order valence-electron chi connectivity index (χ4n) is 2.26. The molecule has 0 aliphatic carbocycles. The van der Waals surface area contributed by atoms with Crippen LogP contribution >= 0.6 is 11.6 Å². The Balaban J connectivity index is 1.77. The normalized spacial score (nSPS) is 16.5. The van der Waals surface area contributed by atoms with E-state index in [1.165, 1.54) is 0 Å². The van der Waals surface area contributed by atoms with Gasteiger partial charge in [-0.05, 0) is 24.6 Å². The molecular weight excluding hydrogens is 300 g/mol. The van der Waals surface area contributed by atoms with E-state index in [1.807, 2.05) is 24.3 Å². The Morgan fingerprint density at radius 1 is 1.23 bits per heavy atom. The highest BCUT2D eigenvalue weighted by Crippen LogP contribution is 2.10. The molecule has 1 fully saturated rings. The van der Waals surface area contributed by atoms with Crippen molar-refractivity contribution in [2.45, 2.75) is 13.5 Å². The highest BCUT2D eigenvalue weighted by Gasteiger charge is 2.09. The zero-order valence-corrected chi connectivity index (χ0v) is 13.9. The molecule has 0 bridgehead atoms. The molecule has 0 atom stereocenters. The van der Waals surface area contributed by atoms with Crippen LogP contribution in [0.25, 0.3) is 0 Å². The van der Waals surface area contributed by atoms with Gasteiger partial charge in [0.25, 0.3) is 0 Å². The molecule has 0 aromatic heterocycles. The summed E-state index contributed by atoms with van der Waals surface area (Å²) in [6.45, 7) is 9.16. The summed E-state index contributed by atoms with van der Waals surface area (Å²) in [6, 6.07) is 7.79. The zero-order valence-electron chi connectivity index (χ0n) is 13.1. The molecule has 0 unspecified atom stereocenters. The van der Waals surface area contributed by atoms with Gasteiger partial charge in [0.1, 0.15) is 0 Å². The third-order valence-electron chi connectivity index (χ3n) is 3.50. The van der Waals surface area contributed by atoms with Gasteiger partial charge in [-0.2, -0.15) is 0 Å². The van der Waals surface area contributed by atoms with Crippen molar-refractivity contribution in [2.24, 2.45) is 4.99 Å². The minimum Gasteiger partial charge on any atom is -0.379 e. The molecule has 1 aliphatic heterocycles. The number of hydrogen-bond donors (Lipinski definition) is 2. The van der Waals surface area contributed by atoms with E-state index in [0.717, 1.165) is 62.5 Å². The van der Waals surface area contributed by atoms with Crippen LogP contribution in [0.5, 0.6) is 0 Å². The second-order valence-electron chi connectivity index (χ2n) is 5.20. The molecular formula is C16H25ClN4O. The SMILES string of the molecule is CCNC(=NCc1ccc(Cl)cc1)NCCN1CCOCC1. The quantitative estimate of drug-likeness (QED) is 0.618. The van der Waals surface area contributed by atoms with E-state index in [2.05, 4.69) is 27.4 Å². The van der Waals surface area contributed by atoms with E-state index in [4.69, 9.17) is 16.3 Å². The number of nitrogens with one attached hydrogen (secondary N) is 2. The molecule has 1 saturated heterocycles. The average Bonchev–Trinajstić information content (AvgIpc) is 2.55. The van der Waals surface area contributed by atoms with Crippen molar-refractivity contribution in [3.05, 3.63) is 34.9 Å². The van der Waals surface area contributed by atoms with Gasteiger partial charge in [0.05, 0.1) is 19.8 Å². The number of morpholine rings is 1. The number of rotatable bonds is 6. The van der Waals surface area contributed by atoms with E-state index in [9.17, 15) is 0 Å². The summed E-state index contributed by atoms with van der Waals surface area (Å²) in [6.07, 6.45) is 0. The van der Waals surface area contributed by atoms with Crippen molar-refractivity contribution in [3.8, 4) is 0 Å². The Kier molecular flexibility index (Phi) is 7.49. The number of ether oxygens (including phenoxy) is 1. The molecule has 122 valence electrons. The third-order valence-corrected chi connectivity index (χ3v) is 3.75. The molecule has 1 heterocycles. The Morgan fingerprint density at radius 2 is 1.95 bits per heavy atom. The lowest BCUT2D eigenvalue weighted by molar-refractivity contribution is 0.0389. The predicted octanol–water partition coefficient (Wildman–Crippen LogP) is 1.73. The first-order chi connectivity index (χ1) is 10.8. The number of nitrogens with zero attached hydrogens (tertiary/aromatic N) is 2. The molecule has 6 heteroatoms. The summed E-state index contributed by atoms with van der Waals surface area (Å²) < 4.78 is 5.35. The fraction of sp³-hybridized carbons (Fsp3) is 0.562. The summed E-state index contributed by atoms with van der Waals surface area (Å²) in [7, 11) is 0. The topological polar surface area (TPSA) is 48.9 Å². The number of guanidine groups is 1. The first kappa shape index (κ1) is 17.1. The fourth-order valence-corrected chi connectivity index (χ4v) is 2.39. The maximum absolute atomic E-state index is 5.89. The minimum absolute atomic E-state index is 0.643. The Morgan fingerprint density at radius 3 is 2.64 bits per heavy atom. The van der Waals surface area contributed by atoms with Crippen LogP contribution in [0.1, 0.15) is 12.5 Å². The summed E-state index contributed by atoms with van der Waals surface area (Å²) >= 11 is 5.89. The monoisotopic (exact) mass is 324 g/mol. The molecule has 1 aromatic rings. The summed E-state index contributed by atoms with van der Waals surface area (Å²) in [5, 5.41) is 7.40. The standard InChI is InChI=1S/C16H25ClN4O/c1-2-18-16(19-7-8-21-9-11-22-12-10-21)20-13-14-3-5-15(17)6-4-14/h3-6H,2,7-13H2,1H3,(H2,18,19,20). The van der Waals surface area contributed by atoms with Gasteiger partial charge in [-0.15, -0.1) is 0 Å². The largest absolute Gasteiger partial charge is 0.379 e. The summed E-state index contributed by atoms with van der Waals surface area (Å²) in [4.78, 5) is 7.01. The van der Waals surface area contributed by atoms with Crippen molar-refractivity contribution < 1.29 is 4.74 Å². The van der Waals surface area contributed by atoms with Gasteiger partial charge in [0.2, 0.25) is 0 Å². The van der Waals surface area contributed by atoms with E-state index < -0.39 is 0 Å². The van der Waals surface area contributed by atoms with Gasteiger partial charge in [0.15, 0.2) is 5.96 Å². The predicted molar refractivity (Wildman–Crippen MR) is 91.5 cm³/mol. The van der Waals surface area contributed by atoms with Crippen LogP contribution in [0.3, 0.4) is 0 Å². The van der Waals surface area contributed by atoms with Crippen molar-refractivity contribution in [1.29, 1.82) is 0 Å². The first-order valence-corrected chi connectivity index (χ1v) is 8.22. The van der Waals surface area contributed by atoms with E-state index in [1.54, 1.807) is 0 Å². The number of halogens is 1. The first-order valence-electron chi connectivity index (χ1n) is 7.84. The van der Waals surface area contributed by atoms with Gasteiger partial charge in [0, 0.05) is 37.7 Å². The highest BCUT2D eigenvalue weighted by atomic mass is 35.5. The smallest absolute Gasteiger partial charge is 0.191 e. The lowest BCUT2D eigenvalue weighted by Gasteiger charge is -2.26. The number of benzene rings is 1. The van der Waals surface area contributed by atoms with Crippen molar-refractivity contribution >= 4 is 17.6 Å². The molecule has 0 saturated carbocycles. The van der Waals surface area contributed by atoms with E-state index in [0.29, 0.717) is 6.54 Å². The van der Waals surface area contributed by atoms with Gasteiger partial charge in [-0.3, -0.25) is 4.90 Å². The molecule has 1 aromatic carbocycles. The third kappa shape index (κ3) is 6.22. The van der Waals surface area contributed by atoms with Gasteiger partial charge in [-0.25, -0.2) is 4.99 Å². The lowest BCUT2D eigenvalue weighted by atomic mass is 10.2. The Labute approximate surface area is 137 Å². The molecule has 22 heavy (non-hydrogen) atoms. The lowest BCUT2D eigenvalue weighted by Crippen LogP contribution is -2.44. The van der Waals surface area contributed by atoms with Gasteiger partial charge >= 0.3 is 0 Å². The van der Waals surface area contributed by atoms with Crippen LogP contribution in [-0.2, 0) is 11.3 Å². The molecule has 0 radical (unpaired) electrons. The van der Waals surface area contributed by atoms with Gasteiger partial charge in [-0.1, -0.05) is 23.7 Å². The van der Waals surface area contributed by atoms with Crippen molar-refractivity contribution in [2.75, 3.05) is 45.9 Å². The molecule has 0 amide bonds. The maximum atomic E-state index is 5.89. The second-order valence-corrected chi connectivity index (χ2v) is 5.64. The van der Waals surface area contributed by atoms with Crippen LogP contribution < -0.4 is 10.6 Å². The van der Waals surface area contributed by atoms with Crippen LogP contribution in [-0.4, -0.2) is 56.8 Å². The van der Waals surface area contributed by atoms with Gasteiger partial charge < -0.3 is 15.4 Å². The number of aliphatic imine (C=N–C) groups is 1. The summed E-state index contributed by atoms with van der Waals surface area (Å²) in [5.74, 6) is 0.853. The minimum atomic E-state index is 0.643. The van der Waals surface area contributed by atoms with Crippen molar-refractivity contribution in [3.63, 3.8) is 0 Å². The van der Waals surface area contributed by atoms with Crippen LogP contribution in [0, 0.1) is 0 Å². The molecule has 2 N–H and O–H groups in total. The zero-order chi connectivity index (χ0) is 15.6. The maximum Gasteiger partial charge on any atom is 0.191 e. The molecule has 1 aliphatic rings. The van der Waals surface area contributed by atoms with Crippen LogP contribution in [0.2, 0.25) is 5.02 Å². The second kappa shape index (κ2) is 9.66. The van der Waals surface area contributed by atoms with Crippen molar-refractivity contribution in [1.82, 2.24) is 15.5 Å². The Hall–Kier alpha value is -1.30. The molecule has 2 rings (SSSR count). The number of hydrogen-bond acceptors (Lipinski definition) is 3. The Bertz CT molecular complexity index is 458. The van der Waals surface area contributed by atoms with E-state index in [-0.39, 0.29) is 0 Å². The average molecular weight is 325 g/mol. The van der Waals surface area contributed by atoms with Crippen LogP contribution in [0.15, 0.2) is 29.3 Å². The highest BCUT2D eigenvalue weighted by molar-refractivity contribution is 6.30. The van der Waals surface area contributed by atoms with Crippen LogP contribution in [0.4, 0.5) is 0 Å². The summed E-state index contributed by atoms with van der Waals surface area (Å²) in [5.41, 5.74) is 1.15. The van der Waals surface area contributed by atoms with E-state index >= 15 is 0 Å². The molecule has 0 spiro atoms. The molecule has 5 nitrogen and oxygen atoms in total.